The number of carbonyl (C=O) groups excluding carboxylic acids is 1. The largest absolute Gasteiger partial charge is 0.394 e. The summed E-state index contributed by atoms with van der Waals surface area (Å²) in [5.41, 5.74) is -0.160. The summed E-state index contributed by atoms with van der Waals surface area (Å²) >= 11 is 0. The highest BCUT2D eigenvalue weighted by molar-refractivity contribution is 5.94. The van der Waals surface area contributed by atoms with Gasteiger partial charge in [0, 0.05) is 18.0 Å². The number of carbonyl (C=O) groups is 1. The lowest BCUT2D eigenvalue weighted by Gasteiger charge is -2.39. The van der Waals surface area contributed by atoms with Crippen molar-refractivity contribution in [2.45, 2.75) is 51.5 Å². The number of aryl methyl sites for hydroxylation is 1. The molecule has 1 amide bonds. The number of aromatic amines is 1. The van der Waals surface area contributed by atoms with Gasteiger partial charge in [-0.3, -0.25) is 9.59 Å². The minimum Gasteiger partial charge on any atom is -0.394 e. The molecule has 1 aromatic rings. The second-order valence-corrected chi connectivity index (χ2v) is 6.26. The van der Waals surface area contributed by atoms with E-state index in [9.17, 15) is 14.7 Å². The molecule has 0 aromatic carbocycles. The van der Waals surface area contributed by atoms with E-state index in [2.05, 4.69) is 10.3 Å². The number of rotatable bonds is 4. The summed E-state index contributed by atoms with van der Waals surface area (Å²) in [7, 11) is 0. The molecular weight excluding hydrogens is 268 g/mol. The van der Waals surface area contributed by atoms with Crippen LogP contribution in [0.1, 0.15) is 55.1 Å². The molecule has 1 saturated carbocycles. The monoisotopic (exact) mass is 292 g/mol. The zero-order chi connectivity index (χ0) is 15.5. The van der Waals surface area contributed by atoms with Gasteiger partial charge in [0.15, 0.2) is 5.43 Å². The van der Waals surface area contributed by atoms with E-state index >= 15 is 0 Å². The molecule has 0 bridgehead atoms. The average Bonchev–Trinajstić information content (AvgIpc) is 2.47. The molecule has 3 N–H and O–H groups in total. The van der Waals surface area contributed by atoms with E-state index in [1.54, 1.807) is 6.92 Å². The van der Waals surface area contributed by atoms with Crippen molar-refractivity contribution in [2.75, 3.05) is 6.61 Å². The van der Waals surface area contributed by atoms with Crippen molar-refractivity contribution in [1.29, 1.82) is 0 Å². The minimum absolute atomic E-state index is 0.0936. The first kappa shape index (κ1) is 15.8. The van der Waals surface area contributed by atoms with Crippen LogP contribution < -0.4 is 10.7 Å². The fourth-order valence-corrected chi connectivity index (χ4v) is 3.09. The standard InChI is InChI=1S/C16H24N2O3/c1-11-8-14(20)13(9-17-11)15(21)18-16(2,10-19)12-6-4-3-5-7-12/h8-9,12,19H,3-7,10H2,1-2H3,(H,17,20)(H,18,21). The fraction of sp³-hybridized carbons (Fsp3) is 0.625. The molecule has 1 aliphatic rings. The zero-order valence-corrected chi connectivity index (χ0v) is 12.7. The molecule has 0 spiro atoms. The highest BCUT2D eigenvalue weighted by Gasteiger charge is 2.36. The Balaban J connectivity index is 2.17. The Morgan fingerprint density at radius 3 is 2.67 bits per heavy atom. The number of amides is 1. The lowest BCUT2D eigenvalue weighted by molar-refractivity contribution is 0.0678. The van der Waals surface area contributed by atoms with E-state index in [0.29, 0.717) is 5.69 Å². The van der Waals surface area contributed by atoms with Gasteiger partial charge >= 0.3 is 0 Å². The third kappa shape index (κ3) is 3.53. The normalized spacial score (nSPS) is 19.0. The highest BCUT2D eigenvalue weighted by Crippen LogP contribution is 2.32. The van der Waals surface area contributed by atoms with Crippen LogP contribution in [0.4, 0.5) is 0 Å². The summed E-state index contributed by atoms with van der Waals surface area (Å²) in [5.74, 6) is -0.164. The average molecular weight is 292 g/mol. The Morgan fingerprint density at radius 2 is 2.10 bits per heavy atom. The van der Waals surface area contributed by atoms with Crippen molar-refractivity contribution in [3.05, 3.63) is 33.7 Å². The van der Waals surface area contributed by atoms with Crippen molar-refractivity contribution in [1.82, 2.24) is 10.3 Å². The van der Waals surface area contributed by atoms with Gasteiger partial charge in [-0.05, 0) is 32.6 Å². The van der Waals surface area contributed by atoms with Crippen LogP contribution >= 0.6 is 0 Å². The number of pyridine rings is 1. The summed E-state index contributed by atoms with van der Waals surface area (Å²) in [5, 5.41) is 12.6. The van der Waals surface area contributed by atoms with Crippen LogP contribution in [0.2, 0.25) is 0 Å². The topological polar surface area (TPSA) is 82.2 Å². The second-order valence-electron chi connectivity index (χ2n) is 6.26. The molecule has 5 heteroatoms. The quantitative estimate of drug-likeness (QED) is 0.790. The molecule has 0 saturated heterocycles. The zero-order valence-electron chi connectivity index (χ0n) is 12.7. The summed E-state index contributed by atoms with van der Waals surface area (Å²) in [6.07, 6.45) is 6.90. The molecule has 21 heavy (non-hydrogen) atoms. The van der Waals surface area contributed by atoms with Gasteiger partial charge in [-0.2, -0.15) is 0 Å². The van der Waals surface area contributed by atoms with Crippen molar-refractivity contribution < 1.29 is 9.90 Å². The Hall–Kier alpha value is -1.62. The van der Waals surface area contributed by atoms with Gasteiger partial charge in [0.25, 0.3) is 5.91 Å². The Labute approximate surface area is 124 Å². The number of hydrogen-bond acceptors (Lipinski definition) is 3. The Morgan fingerprint density at radius 1 is 1.43 bits per heavy atom. The number of aliphatic hydroxyl groups is 1. The summed E-state index contributed by atoms with van der Waals surface area (Å²) in [6.45, 7) is 3.51. The predicted molar refractivity (Wildman–Crippen MR) is 81.3 cm³/mol. The summed E-state index contributed by atoms with van der Waals surface area (Å²) in [4.78, 5) is 27.1. The molecule has 2 rings (SSSR count). The SMILES string of the molecule is Cc1cc(=O)c(C(=O)NC(C)(CO)C2CCCCC2)c[nH]1. The fourth-order valence-electron chi connectivity index (χ4n) is 3.09. The van der Waals surface area contributed by atoms with E-state index in [0.717, 1.165) is 25.7 Å². The lowest BCUT2D eigenvalue weighted by atomic mass is 9.76. The summed E-state index contributed by atoms with van der Waals surface area (Å²) < 4.78 is 0. The van der Waals surface area contributed by atoms with E-state index in [-0.39, 0.29) is 23.5 Å². The number of H-pyrrole nitrogens is 1. The van der Waals surface area contributed by atoms with Crippen molar-refractivity contribution >= 4 is 5.91 Å². The number of hydrogen-bond donors (Lipinski definition) is 3. The van der Waals surface area contributed by atoms with Crippen LogP contribution in [0.3, 0.4) is 0 Å². The van der Waals surface area contributed by atoms with Crippen LogP contribution in [0.15, 0.2) is 17.1 Å². The molecule has 116 valence electrons. The molecule has 5 nitrogen and oxygen atoms in total. The molecule has 1 atom stereocenters. The number of aromatic nitrogens is 1. The maximum absolute atomic E-state index is 12.4. The Bertz CT molecular complexity index is 561. The highest BCUT2D eigenvalue weighted by atomic mass is 16.3. The van der Waals surface area contributed by atoms with Crippen molar-refractivity contribution in [3.8, 4) is 0 Å². The lowest BCUT2D eigenvalue weighted by Crippen LogP contribution is -2.55. The van der Waals surface area contributed by atoms with Crippen LogP contribution in [0, 0.1) is 12.8 Å². The van der Waals surface area contributed by atoms with Gasteiger partial charge < -0.3 is 15.4 Å². The molecule has 1 heterocycles. The molecule has 1 unspecified atom stereocenters. The van der Waals surface area contributed by atoms with Gasteiger partial charge in [-0.1, -0.05) is 19.3 Å². The van der Waals surface area contributed by atoms with Crippen LogP contribution in [0.5, 0.6) is 0 Å². The molecule has 1 fully saturated rings. The van der Waals surface area contributed by atoms with E-state index in [4.69, 9.17) is 0 Å². The number of nitrogens with one attached hydrogen (secondary N) is 2. The third-order valence-electron chi connectivity index (χ3n) is 4.54. The Kier molecular flexibility index (Phi) is 4.83. The van der Waals surface area contributed by atoms with Gasteiger partial charge in [0.1, 0.15) is 5.56 Å². The van der Waals surface area contributed by atoms with Crippen molar-refractivity contribution in [2.24, 2.45) is 5.92 Å². The first-order chi connectivity index (χ1) is 9.96. The van der Waals surface area contributed by atoms with E-state index in [1.165, 1.54) is 18.7 Å². The third-order valence-corrected chi connectivity index (χ3v) is 4.54. The first-order valence-electron chi connectivity index (χ1n) is 7.59. The van der Waals surface area contributed by atoms with Crippen LogP contribution in [0.25, 0.3) is 0 Å². The van der Waals surface area contributed by atoms with Crippen molar-refractivity contribution in [3.63, 3.8) is 0 Å². The van der Waals surface area contributed by atoms with Gasteiger partial charge in [-0.25, -0.2) is 0 Å². The molecular formula is C16H24N2O3. The predicted octanol–water partition coefficient (Wildman–Crippen LogP) is 1.74. The second kappa shape index (κ2) is 6.43. The molecule has 0 aliphatic heterocycles. The van der Waals surface area contributed by atoms with Gasteiger partial charge in [-0.15, -0.1) is 0 Å². The summed E-state index contributed by atoms with van der Waals surface area (Å²) in [6, 6.07) is 1.41. The van der Waals surface area contributed by atoms with Gasteiger partial charge in [0.2, 0.25) is 0 Å². The van der Waals surface area contributed by atoms with E-state index in [1.807, 2.05) is 6.92 Å². The van der Waals surface area contributed by atoms with E-state index < -0.39 is 11.4 Å². The number of aliphatic hydroxyl groups excluding tert-OH is 1. The smallest absolute Gasteiger partial charge is 0.257 e. The maximum atomic E-state index is 12.4. The van der Waals surface area contributed by atoms with Crippen LogP contribution in [-0.4, -0.2) is 28.1 Å². The molecule has 1 aromatic heterocycles. The molecule has 0 radical (unpaired) electrons. The maximum Gasteiger partial charge on any atom is 0.257 e. The first-order valence-corrected chi connectivity index (χ1v) is 7.59. The van der Waals surface area contributed by atoms with Gasteiger partial charge in [0.05, 0.1) is 12.1 Å². The van der Waals surface area contributed by atoms with Crippen LogP contribution in [-0.2, 0) is 0 Å². The minimum atomic E-state index is -0.672. The molecule has 1 aliphatic carbocycles.